The quantitative estimate of drug-likeness (QED) is 0.838. The van der Waals surface area contributed by atoms with Gasteiger partial charge >= 0.3 is 6.03 Å². The van der Waals surface area contributed by atoms with Gasteiger partial charge in [0.1, 0.15) is 11.6 Å². The molecule has 3 rings (SSSR count). The van der Waals surface area contributed by atoms with Crippen LogP contribution in [0.3, 0.4) is 0 Å². The monoisotopic (exact) mass is 319 g/mol. The van der Waals surface area contributed by atoms with Gasteiger partial charge in [0, 0.05) is 32.0 Å². The molecule has 2 N–H and O–H groups in total. The predicted molar refractivity (Wildman–Crippen MR) is 89.3 cm³/mol. The minimum Gasteiger partial charge on any atom is -0.338 e. The zero-order valence-electron chi connectivity index (χ0n) is 14.0. The van der Waals surface area contributed by atoms with E-state index >= 15 is 0 Å². The van der Waals surface area contributed by atoms with E-state index < -0.39 is 0 Å². The molecule has 1 aromatic heterocycles. The van der Waals surface area contributed by atoms with Crippen LogP contribution < -0.4 is 10.6 Å². The average Bonchev–Trinajstić information content (AvgIpc) is 2.77. The van der Waals surface area contributed by atoms with Gasteiger partial charge in [0.25, 0.3) is 0 Å². The number of urea groups is 1. The zero-order valence-corrected chi connectivity index (χ0v) is 14.0. The Labute approximate surface area is 138 Å². The van der Waals surface area contributed by atoms with Gasteiger partial charge in [-0.25, -0.2) is 4.79 Å². The molecular weight excluding hydrogens is 290 g/mol. The molecule has 2 amide bonds. The molecule has 23 heavy (non-hydrogen) atoms. The molecule has 0 atom stereocenters. The molecule has 6 heteroatoms. The van der Waals surface area contributed by atoms with E-state index in [1.165, 1.54) is 44.9 Å². The molecule has 0 spiro atoms. The van der Waals surface area contributed by atoms with Crippen molar-refractivity contribution in [3.8, 4) is 0 Å². The molecule has 0 aromatic carbocycles. The van der Waals surface area contributed by atoms with Crippen molar-refractivity contribution >= 4 is 6.03 Å². The molecule has 1 fully saturated rings. The van der Waals surface area contributed by atoms with Gasteiger partial charge in [-0.1, -0.05) is 32.1 Å². The largest absolute Gasteiger partial charge is 0.338 e. The van der Waals surface area contributed by atoms with Crippen LogP contribution in [0.4, 0.5) is 4.79 Å². The van der Waals surface area contributed by atoms with Gasteiger partial charge in [0.15, 0.2) is 0 Å². The van der Waals surface area contributed by atoms with Gasteiger partial charge in [-0.3, -0.25) is 0 Å². The van der Waals surface area contributed by atoms with E-state index in [0.717, 1.165) is 43.9 Å². The first-order valence-corrected chi connectivity index (χ1v) is 9.28. The van der Waals surface area contributed by atoms with Crippen molar-refractivity contribution in [3.63, 3.8) is 0 Å². The van der Waals surface area contributed by atoms with E-state index in [2.05, 4.69) is 25.4 Å². The summed E-state index contributed by atoms with van der Waals surface area (Å²) in [4.78, 5) is 12.0. The molecule has 0 unspecified atom stereocenters. The maximum atomic E-state index is 12.0. The lowest BCUT2D eigenvalue weighted by Crippen LogP contribution is -2.42. The third kappa shape index (κ3) is 4.69. The molecule has 6 nitrogen and oxygen atoms in total. The highest BCUT2D eigenvalue weighted by Gasteiger charge is 2.16. The molecule has 1 aliphatic heterocycles. The second-order valence-corrected chi connectivity index (χ2v) is 6.83. The molecule has 1 aliphatic carbocycles. The highest BCUT2D eigenvalue weighted by atomic mass is 16.2. The maximum absolute atomic E-state index is 12.0. The van der Waals surface area contributed by atoms with Gasteiger partial charge in [0.05, 0.1) is 0 Å². The van der Waals surface area contributed by atoms with Crippen molar-refractivity contribution in [3.05, 3.63) is 11.6 Å². The van der Waals surface area contributed by atoms with Crippen LogP contribution in [0.2, 0.25) is 0 Å². The average molecular weight is 319 g/mol. The van der Waals surface area contributed by atoms with Crippen molar-refractivity contribution < 1.29 is 4.79 Å². The lowest BCUT2D eigenvalue weighted by molar-refractivity contribution is 0.235. The molecule has 2 heterocycles. The molecular formula is C17H29N5O. The smallest absolute Gasteiger partial charge is 0.315 e. The number of fused-ring (bicyclic) bond motifs is 1. The maximum Gasteiger partial charge on any atom is 0.315 e. The number of nitrogens with zero attached hydrogens (tertiary/aromatic N) is 3. The Hall–Kier alpha value is -1.59. The van der Waals surface area contributed by atoms with Crippen LogP contribution in [0.15, 0.2) is 0 Å². The Morgan fingerprint density at radius 2 is 1.83 bits per heavy atom. The van der Waals surface area contributed by atoms with Crippen molar-refractivity contribution in [1.82, 2.24) is 25.4 Å². The Morgan fingerprint density at radius 3 is 2.65 bits per heavy atom. The Bertz CT molecular complexity index is 505. The fourth-order valence-corrected chi connectivity index (χ4v) is 3.68. The summed E-state index contributed by atoms with van der Waals surface area (Å²) < 4.78 is 2.25. The standard InChI is InChI=1S/C17H29N5O/c23-17(19-14-8-4-1-2-5-9-14)18-12-11-16-21-20-15-10-6-3-7-13-22(15)16/h14H,1-13H2,(H2,18,19,23). The molecule has 0 saturated heterocycles. The number of hydrogen-bond donors (Lipinski definition) is 2. The van der Waals surface area contributed by atoms with E-state index in [1.807, 2.05) is 0 Å². The highest BCUT2D eigenvalue weighted by molar-refractivity contribution is 5.74. The van der Waals surface area contributed by atoms with Gasteiger partial charge in [0.2, 0.25) is 0 Å². The summed E-state index contributed by atoms with van der Waals surface area (Å²) in [6.45, 7) is 1.64. The van der Waals surface area contributed by atoms with Crippen molar-refractivity contribution in [2.24, 2.45) is 0 Å². The molecule has 1 aromatic rings. The van der Waals surface area contributed by atoms with Crippen LogP contribution in [0.25, 0.3) is 0 Å². The number of nitrogens with one attached hydrogen (secondary N) is 2. The summed E-state index contributed by atoms with van der Waals surface area (Å²) in [7, 11) is 0. The third-order valence-electron chi connectivity index (χ3n) is 5.01. The number of amides is 2. The molecule has 1 saturated carbocycles. The second-order valence-electron chi connectivity index (χ2n) is 6.83. The summed E-state index contributed by atoms with van der Waals surface area (Å²) in [6.07, 6.45) is 12.8. The van der Waals surface area contributed by atoms with E-state index in [4.69, 9.17) is 0 Å². The predicted octanol–water partition coefficient (Wildman–Crippen LogP) is 2.57. The highest BCUT2D eigenvalue weighted by Crippen LogP contribution is 2.17. The summed E-state index contributed by atoms with van der Waals surface area (Å²) in [5.41, 5.74) is 0. The Balaban J connectivity index is 1.42. The van der Waals surface area contributed by atoms with Crippen LogP contribution in [-0.2, 0) is 19.4 Å². The third-order valence-corrected chi connectivity index (χ3v) is 5.01. The van der Waals surface area contributed by atoms with Crippen LogP contribution in [-0.4, -0.2) is 33.4 Å². The summed E-state index contributed by atoms with van der Waals surface area (Å²) in [6, 6.07) is 0.314. The summed E-state index contributed by atoms with van der Waals surface area (Å²) in [5.74, 6) is 2.12. The molecule has 128 valence electrons. The minimum absolute atomic E-state index is 0.0347. The summed E-state index contributed by atoms with van der Waals surface area (Å²) in [5, 5.41) is 14.7. The van der Waals surface area contributed by atoms with Crippen molar-refractivity contribution in [2.75, 3.05) is 6.54 Å². The van der Waals surface area contributed by atoms with Crippen molar-refractivity contribution in [1.29, 1.82) is 0 Å². The van der Waals surface area contributed by atoms with Crippen molar-refractivity contribution in [2.45, 2.75) is 83.2 Å². The van der Waals surface area contributed by atoms with E-state index in [-0.39, 0.29) is 6.03 Å². The van der Waals surface area contributed by atoms with E-state index in [1.54, 1.807) is 0 Å². The molecule has 0 bridgehead atoms. The Kier molecular flexibility index (Phi) is 5.88. The number of carbonyl (C=O) groups excluding carboxylic acids is 1. The summed E-state index contributed by atoms with van der Waals surface area (Å²) >= 11 is 0. The van der Waals surface area contributed by atoms with Crippen LogP contribution in [0.1, 0.15) is 69.4 Å². The van der Waals surface area contributed by atoms with Gasteiger partial charge in [-0.2, -0.15) is 0 Å². The zero-order chi connectivity index (χ0) is 15.9. The number of rotatable bonds is 4. The first kappa shape index (κ1) is 16.3. The SMILES string of the molecule is O=C(NCCc1nnc2n1CCCCC2)NC1CCCCCC1. The number of aryl methyl sites for hydroxylation is 1. The Morgan fingerprint density at radius 1 is 1.04 bits per heavy atom. The fraction of sp³-hybridized carbons (Fsp3) is 0.824. The first-order valence-electron chi connectivity index (χ1n) is 9.28. The normalized spacial score (nSPS) is 19.5. The number of carbonyl (C=O) groups is 1. The fourth-order valence-electron chi connectivity index (χ4n) is 3.68. The molecule has 2 aliphatic rings. The second kappa shape index (κ2) is 8.31. The lowest BCUT2D eigenvalue weighted by Gasteiger charge is -2.16. The van der Waals surface area contributed by atoms with Crippen LogP contribution in [0, 0.1) is 0 Å². The van der Waals surface area contributed by atoms with Crippen LogP contribution >= 0.6 is 0 Å². The van der Waals surface area contributed by atoms with Gasteiger partial charge < -0.3 is 15.2 Å². The number of hydrogen-bond acceptors (Lipinski definition) is 3. The van der Waals surface area contributed by atoms with E-state index in [0.29, 0.717) is 12.6 Å². The van der Waals surface area contributed by atoms with Crippen LogP contribution in [0.5, 0.6) is 0 Å². The minimum atomic E-state index is -0.0347. The topological polar surface area (TPSA) is 71.8 Å². The first-order chi connectivity index (χ1) is 11.3. The van der Waals surface area contributed by atoms with Gasteiger partial charge in [-0.15, -0.1) is 10.2 Å². The van der Waals surface area contributed by atoms with E-state index in [9.17, 15) is 4.79 Å². The van der Waals surface area contributed by atoms with Gasteiger partial charge in [-0.05, 0) is 25.7 Å². The lowest BCUT2D eigenvalue weighted by atomic mass is 10.1. The molecule has 0 radical (unpaired) electrons. The number of aromatic nitrogens is 3.